The number of thiazole rings is 1. The molecule has 1 aromatic carbocycles. The average molecular weight is 302 g/mol. The molecule has 0 spiro atoms. The van der Waals surface area contributed by atoms with Crippen molar-refractivity contribution in [1.82, 2.24) is 4.98 Å². The largest absolute Gasteiger partial charge is 0.495 e. The maximum atomic E-state index is 11.9. The normalized spacial score (nSPS) is 9.43. The zero-order valence-corrected chi connectivity index (χ0v) is 12.2. The van der Waals surface area contributed by atoms with Gasteiger partial charge in [-0.15, -0.1) is 0 Å². The van der Waals surface area contributed by atoms with Crippen molar-refractivity contribution in [2.24, 2.45) is 5.73 Å². The van der Waals surface area contributed by atoms with Crippen LogP contribution in [0.15, 0.2) is 30.5 Å². The summed E-state index contributed by atoms with van der Waals surface area (Å²) in [7, 11) is 1.54. The van der Waals surface area contributed by atoms with E-state index in [4.69, 9.17) is 10.5 Å². The van der Waals surface area contributed by atoms with Crippen LogP contribution >= 0.6 is 11.3 Å². The van der Waals surface area contributed by atoms with E-state index < -0.39 is 6.03 Å². The summed E-state index contributed by atoms with van der Waals surface area (Å²) in [5, 5.41) is 5.80. The van der Waals surface area contributed by atoms with E-state index in [-0.39, 0.29) is 6.54 Å². The quantitative estimate of drug-likeness (QED) is 0.758. The first-order valence-corrected chi connectivity index (χ1v) is 6.90. The van der Waals surface area contributed by atoms with Gasteiger partial charge in [0.1, 0.15) is 5.75 Å². The molecule has 2 amide bonds. The van der Waals surface area contributed by atoms with E-state index in [1.165, 1.54) is 11.3 Å². The van der Waals surface area contributed by atoms with E-state index in [1.807, 2.05) is 12.1 Å². The number of nitrogens with one attached hydrogen (secondary N) is 2. The number of hydrogen-bond donors (Lipinski definition) is 3. The Labute approximate surface area is 126 Å². The van der Waals surface area contributed by atoms with Crippen molar-refractivity contribution in [3.63, 3.8) is 0 Å². The Hall–Kier alpha value is -2.56. The minimum Gasteiger partial charge on any atom is -0.495 e. The maximum Gasteiger partial charge on any atom is 0.325 e. The van der Waals surface area contributed by atoms with E-state index in [0.717, 1.165) is 4.88 Å². The first-order chi connectivity index (χ1) is 10.2. The second-order valence-corrected chi connectivity index (χ2v) is 4.85. The lowest BCUT2D eigenvalue weighted by Crippen LogP contribution is -2.19. The van der Waals surface area contributed by atoms with Gasteiger partial charge in [-0.2, -0.15) is 0 Å². The van der Waals surface area contributed by atoms with Crippen molar-refractivity contribution in [1.29, 1.82) is 0 Å². The van der Waals surface area contributed by atoms with E-state index in [1.54, 1.807) is 25.4 Å². The number of benzene rings is 1. The molecule has 0 bridgehead atoms. The zero-order chi connectivity index (χ0) is 15.1. The van der Waals surface area contributed by atoms with Crippen LogP contribution in [0, 0.1) is 11.8 Å². The number of ether oxygens (including phenoxy) is 1. The molecule has 0 atom stereocenters. The molecule has 108 valence electrons. The van der Waals surface area contributed by atoms with Gasteiger partial charge in [-0.25, -0.2) is 9.78 Å². The molecule has 0 aliphatic rings. The second kappa shape index (κ2) is 7.28. The molecule has 21 heavy (non-hydrogen) atoms. The van der Waals surface area contributed by atoms with Crippen LogP contribution in [0.1, 0.15) is 4.88 Å². The molecule has 0 unspecified atom stereocenters. The predicted molar refractivity (Wildman–Crippen MR) is 83.7 cm³/mol. The summed E-state index contributed by atoms with van der Waals surface area (Å²) < 4.78 is 5.16. The van der Waals surface area contributed by atoms with Gasteiger partial charge in [-0.3, -0.25) is 5.32 Å². The summed E-state index contributed by atoms with van der Waals surface area (Å²) >= 11 is 1.28. The molecule has 0 radical (unpaired) electrons. The fourth-order valence-electron chi connectivity index (χ4n) is 1.53. The van der Waals surface area contributed by atoms with Gasteiger partial charge in [-0.05, 0) is 12.1 Å². The Kier molecular flexibility index (Phi) is 5.15. The average Bonchev–Trinajstić information content (AvgIpc) is 2.93. The number of amides is 2. The molecule has 1 aromatic heterocycles. The molecule has 6 nitrogen and oxygen atoms in total. The van der Waals surface area contributed by atoms with Crippen LogP contribution in [0.3, 0.4) is 0 Å². The third-order valence-electron chi connectivity index (χ3n) is 2.39. The Balaban J connectivity index is 2.00. The van der Waals surface area contributed by atoms with Crippen molar-refractivity contribution in [3.8, 4) is 17.6 Å². The number of hydrogen-bond acceptors (Lipinski definition) is 5. The number of carbonyl (C=O) groups excluding carboxylic acids is 1. The van der Waals surface area contributed by atoms with Gasteiger partial charge in [0.25, 0.3) is 0 Å². The van der Waals surface area contributed by atoms with E-state index >= 15 is 0 Å². The molecule has 2 aromatic rings. The summed E-state index contributed by atoms with van der Waals surface area (Å²) in [5.41, 5.74) is 5.88. The van der Waals surface area contributed by atoms with E-state index in [9.17, 15) is 4.79 Å². The number of urea groups is 1. The molecule has 0 fully saturated rings. The molecule has 0 aliphatic heterocycles. The molecule has 4 N–H and O–H groups in total. The highest BCUT2D eigenvalue weighted by molar-refractivity contribution is 7.16. The van der Waals surface area contributed by atoms with E-state index in [2.05, 4.69) is 27.5 Å². The maximum absolute atomic E-state index is 11.9. The summed E-state index contributed by atoms with van der Waals surface area (Å²) in [6.07, 6.45) is 1.59. The highest BCUT2D eigenvalue weighted by atomic mass is 32.1. The van der Waals surface area contributed by atoms with Gasteiger partial charge in [0.05, 0.1) is 30.4 Å². The van der Waals surface area contributed by atoms with Gasteiger partial charge >= 0.3 is 6.03 Å². The number of para-hydroxylation sites is 2. The van der Waals surface area contributed by atoms with Crippen molar-refractivity contribution in [2.45, 2.75) is 0 Å². The fourth-order valence-corrected chi connectivity index (χ4v) is 2.21. The van der Waals surface area contributed by atoms with Crippen LogP contribution in [0.4, 0.5) is 15.6 Å². The number of nitrogens with two attached hydrogens (primary N) is 1. The Morgan fingerprint density at radius 1 is 1.43 bits per heavy atom. The highest BCUT2D eigenvalue weighted by Gasteiger charge is 2.08. The highest BCUT2D eigenvalue weighted by Crippen LogP contribution is 2.23. The first-order valence-electron chi connectivity index (χ1n) is 6.08. The minimum absolute atomic E-state index is 0.287. The minimum atomic E-state index is -0.396. The number of aromatic nitrogens is 1. The first kappa shape index (κ1) is 14.8. The van der Waals surface area contributed by atoms with Crippen LogP contribution in [0.2, 0.25) is 0 Å². The number of methoxy groups -OCH3 is 1. The van der Waals surface area contributed by atoms with Crippen LogP contribution in [-0.4, -0.2) is 24.7 Å². The lowest BCUT2D eigenvalue weighted by Gasteiger charge is -2.09. The Bertz CT molecular complexity index is 688. The van der Waals surface area contributed by atoms with Crippen molar-refractivity contribution >= 4 is 28.2 Å². The smallest absolute Gasteiger partial charge is 0.325 e. The van der Waals surface area contributed by atoms with Gasteiger partial charge in [0.15, 0.2) is 5.13 Å². The van der Waals surface area contributed by atoms with Crippen LogP contribution in [-0.2, 0) is 0 Å². The molecule has 1 heterocycles. The molecule has 0 saturated heterocycles. The van der Waals surface area contributed by atoms with Crippen LogP contribution in [0.25, 0.3) is 0 Å². The lowest BCUT2D eigenvalue weighted by molar-refractivity contribution is 0.262. The molecule has 7 heteroatoms. The number of nitrogens with zero attached hydrogens (tertiary/aromatic N) is 1. The SMILES string of the molecule is COc1ccccc1NC(=O)Nc1ncc(C#CCN)s1. The van der Waals surface area contributed by atoms with Gasteiger partial charge in [-0.1, -0.05) is 35.3 Å². The summed E-state index contributed by atoms with van der Waals surface area (Å²) in [4.78, 5) is 16.7. The topological polar surface area (TPSA) is 89.3 Å². The van der Waals surface area contributed by atoms with Crippen molar-refractivity contribution in [2.75, 3.05) is 24.3 Å². The summed E-state index contributed by atoms with van der Waals surface area (Å²) in [6.45, 7) is 0.287. The molecule has 0 saturated carbocycles. The van der Waals surface area contributed by atoms with Gasteiger partial charge in [0, 0.05) is 0 Å². The number of rotatable bonds is 3. The van der Waals surface area contributed by atoms with E-state index in [0.29, 0.717) is 16.6 Å². The number of anilines is 2. The summed E-state index contributed by atoms with van der Waals surface area (Å²) in [5.74, 6) is 6.17. The Morgan fingerprint density at radius 3 is 3.00 bits per heavy atom. The molecular weight excluding hydrogens is 288 g/mol. The van der Waals surface area contributed by atoms with Crippen LogP contribution < -0.4 is 21.1 Å². The Morgan fingerprint density at radius 2 is 2.24 bits per heavy atom. The van der Waals surface area contributed by atoms with Crippen molar-refractivity contribution in [3.05, 3.63) is 35.3 Å². The van der Waals surface area contributed by atoms with Gasteiger partial charge < -0.3 is 15.8 Å². The van der Waals surface area contributed by atoms with Gasteiger partial charge in [0.2, 0.25) is 0 Å². The third-order valence-corrected chi connectivity index (χ3v) is 3.22. The van der Waals surface area contributed by atoms with Crippen molar-refractivity contribution < 1.29 is 9.53 Å². The monoisotopic (exact) mass is 302 g/mol. The molecular formula is C14H14N4O2S. The second-order valence-electron chi connectivity index (χ2n) is 3.81. The molecule has 0 aliphatic carbocycles. The third kappa shape index (κ3) is 4.21. The summed E-state index contributed by atoms with van der Waals surface area (Å²) in [6, 6.07) is 6.75. The standard InChI is InChI=1S/C14H14N4O2S/c1-20-12-7-3-2-6-11(12)17-13(19)18-14-16-9-10(21-14)5-4-8-15/h2-3,6-7,9H,8,15H2,1H3,(H2,16,17,18,19). The van der Waals surface area contributed by atoms with Crippen LogP contribution in [0.5, 0.6) is 5.75 Å². The zero-order valence-electron chi connectivity index (χ0n) is 11.3. The predicted octanol–water partition coefficient (Wildman–Crippen LogP) is 2.11. The molecule has 2 rings (SSSR count). The number of carbonyl (C=O) groups is 1. The lowest BCUT2D eigenvalue weighted by atomic mass is 10.3. The fraction of sp³-hybridized carbons (Fsp3) is 0.143.